The molecule has 0 spiro atoms. The summed E-state index contributed by atoms with van der Waals surface area (Å²) in [6.45, 7) is 2.14. The molecule has 2 rings (SSSR count). The van der Waals surface area contributed by atoms with E-state index in [1.807, 2.05) is 11.7 Å². The zero-order chi connectivity index (χ0) is 13.1. The monoisotopic (exact) mass is 308 g/mol. The van der Waals surface area contributed by atoms with Crippen molar-refractivity contribution in [2.45, 2.75) is 19.4 Å². The summed E-state index contributed by atoms with van der Waals surface area (Å²) in [5, 5.41) is 4.22. The van der Waals surface area contributed by atoms with Crippen molar-refractivity contribution in [3.63, 3.8) is 0 Å². The van der Waals surface area contributed by atoms with Crippen molar-refractivity contribution in [1.29, 1.82) is 0 Å². The molecular formula is C13H17BrN4. The summed E-state index contributed by atoms with van der Waals surface area (Å²) in [5.74, 6) is 5.69. The number of nitrogens with two attached hydrogens (primary N) is 1. The molecule has 4 nitrogen and oxygen atoms in total. The second kappa shape index (κ2) is 5.65. The summed E-state index contributed by atoms with van der Waals surface area (Å²) in [6.07, 6.45) is 2.82. The molecule has 1 aromatic carbocycles. The van der Waals surface area contributed by atoms with E-state index in [1.165, 1.54) is 5.56 Å². The Morgan fingerprint density at radius 2 is 2.06 bits per heavy atom. The SMILES string of the molecule is CCc1ccc(C(NN)c2c(Br)cnn2C)cc1. The third kappa shape index (κ3) is 2.48. The topological polar surface area (TPSA) is 55.9 Å². The first-order valence-electron chi connectivity index (χ1n) is 5.89. The van der Waals surface area contributed by atoms with Gasteiger partial charge in [0.25, 0.3) is 0 Å². The highest BCUT2D eigenvalue weighted by atomic mass is 79.9. The van der Waals surface area contributed by atoms with E-state index < -0.39 is 0 Å². The average molecular weight is 309 g/mol. The van der Waals surface area contributed by atoms with Crippen LogP contribution in [0.25, 0.3) is 0 Å². The first-order chi connectivity index (χ1) is 8.67. The third-order valence-corrected chi connectivity index (χ3v) is 3.71. The number of aryl methyl sites for hydroxylation is 2. The zero-order valence-electron chi connectivity index (χ0n) is 10.5. The van der Waals surface area contributed by atoms with Crippen LogP contribution in [0.5, 0.6) is 0 Å². The largest absolute Gasteiger partial charge is 0.271 e. The fourth-order valence-corrected chi connectivity index (χ4v) is 2.60. The van der Waals surface area contributed by atoms with Gasteiger partial charge in [-0.1, -0.05) is 31.2 Å². The van der Waals surface area contributed by atoms with Crippen molar-refractivity contribution in [3.05, 3.63) is 51.8 Å². The Morgan fingerprint density at radius 3 is 2.50 bits per heavy atom. The molecule has 0 radical (unpaired) electrons. The molecule has 3 N–H and O–H groups in total. The van der Waals surface area contributed by atoms with Gasteiger partial charge < -0.3 is 0 Å². The predicted molar refractivity (Wildman–Crippen MR) is 75.9 cm³/mol. The molecule has 96 valence electrons. The quantitative estimate of drug-likeness (QED) is 0.673. The average Bonchev–Trinajstić information content (AvgIpc) is 2.72. The van der Waals surface area contributed by atoms with Crippen LogP contribution in [0.4, 0.5) is 0 Å². The summed E-state index contributed by atoms with van der Waals surface area (Å²) in [7, 11) is 1.91. The van der Waals surface area contributed by atoms with Gasteiger partial charge in [0.15, 0.2) is 0 Å². The van der Waals surface area contributed by atoms with Crippen LogP contribution in [0, 0.1) is 0 Å². The normalized spacial score (nSPS) is 12.7. The summed E-state index contributed by atoms with van der Waals surface area (Å²) >= 11 is 3.51. The molecule has 18 heavy (non-hydrogen) atoms. The molecule has 0 saturated heterocycles. The van der Waals surface area contributed by atoms with Gasteiger partial charge in [0, 0.05) is 7.05 Å². The van der Waals surface area contributed by atoms with Crippen LogP contribution >= 0.6 is 15.9 Å². The predicted octanol–water partition coefficient (Wildman–Crippen LogP) is 2.30. The molecule has 5 heteroatoms. The van der Waals surface area contributed by atoms with Gasteiger partial charge in [0.2, 0.25) is 0 Å². The van der Waals surface area contributed by atoms with Crippen LogP contribution in [0.3, 0.4) is 0 Å². The van der Waals surface area contributed by atoms with Gasteiger partial charge in [-0.25, -0.2) is 5.43 Å². The number of nitrogens with one attached hydrogen (secondary N) is 1. The van der Waals surface area contributed by atoms with Gasteiger partial charge in [-0.2, -0.15) is 5.10 Å². The Bertz CT molecular complexity index is 499. The summed E-state index contributed by atoms with van der Waals surface area (Å²) in [5.41, 5.74) is 6.31. The van der Waals surface area contributed by atoms with Gasteiger partial charge in [0.05, 0.1) is 22.4 Å². The smallest absolute Gasteiger partial charge is 0.0889 e. The van der Waals surface area contributed by atoms with Crippen LogP contribution < -0.4 is 11.3 Å². The second-order valence-corrected chi connectivity index (χ2v) is 5.05. The van der Waals surface area contributed by atoms with Crippen molar-refractivity contribution < 1.29 is 0 Å². The molecule has 2 aromatic rings. The van der Waals surface area contributed by atoms with Gasteiger partial charge >= 0.3 is 0 Å². The molecule has 0 bridgehead atoms. The Kier molecular flexibility index (Phi) is 4.16. The van der Waals surface area contributed by atoms with Crippen molar-refractivity contribution in [2.24, 2.45) is 12.9 Å². The Hall–Kier alpha value is -1.17. The number of rotatable bonds is 4. The van der Waals surface area contributed by atoms with Crippen molar-refractivity contribution in [1.82, 2.24) is 15.2 Å². The first kappa shape index (κ1) is 13.3. The highest BCUT2D eigenvalue weighted by molar-refractivity contribution is 9.10. The lowest BCUT2D eigenvalue weighted by Crippen LogP contribution is -2.30. The number of hydrogen-bond donors (Lipinski definition) is 2. The van der Waals surface area contributed by atoms with E-state index in [2.05, 4.69) is 57.6 Å². The highest BCUT2D eigenvalue weighted by Crippen LogP contribution is 2.27. The minimum absolute atomic E-state index is 0.0715. The standard InChI is InChI=1S/C13H17BrN4/c1-3-9-4-6-10(7-5-9)12(17-15)13-11(14)8-16-18(13)2/h4-8,12,17H,3,15H2,1-2H3. The summed E-state index contributed by atoms with van der Waals surface area (Å²) in [4.78, 5) is 0. The van der Waals surface area contributed by atoms with E-state index in [4.69, 9.17) is 5.84 Å². The summed E-state index contributed by atoms with van der Waals surface area (Å²) < 4.78 is 2.77. The van der Waals surface area contributed by atoms with Gasteiger partial charge in [-0.05, 0) is 33.5 Å². The minimum atomic E-state index is -0.0715. The second-order valence-electron chi connectivity index (χ2n) is 4.20. The van der Waals surface area contributed by atoms with Crippen LogP contribution in [0.1, 0.15) is 29.8 Å². The molecule has 1 atom stereocenters. The Balaban J connectivity index is 2.39. The maximum atomic E-state index is 5.69. The van der Waals surface area contributed by atoms with Crippen molar-refractivity contribution in [2.75, 3.05) is 0 Å². The molecule has 0 saturated carbocycles. The maximum absolute atomic E-state index is 5.69. The number of hydrazine groups is 1. The van der Waals surface area contributed by atoms with Crippen molar-refractivity contribution >= 4 is 15.9 Å². The van der Waals surface area contributed by atoms with Crippen LogP contribution in [-0.2, 0) is 13.5 Å². The van der Waals surface area contributed by atoms with Gasteiger partial charge in [-0.15, -0.1) is 0 Å². The van der Waals surface area contributed by atoms with Gasteiger partial charge in [0.1, 0.15) is 0 Å². The molecule has 0 fully saturated rings. The van der Waals surface area contributed by atoms with E-state index in [9.17, 15) is 0 Å². The molecule has 1 unspecified atom stereocenters. The molecule has 0 aliphatic carbocycles. The fraction of sp³-hybridized carbons (Fsp3) is 0.308. The Labute approximate surface area is 115 Å². The molecular weight excluding hydrogens is 292 g/mol. The number of nitrogens with zero attached hydrogens (tertiary/aromatic N) is 2. The summed E-state index contributed by atoms with van der Waals surface area (Å²) in [6, 6.07) is 8.39. The lowest BCUT2D eigenvalue weighted by atomic mass is 10.0. The van der Waals surface area contributed by atoms with Crippen LogP contribution in [-0.4, -0.2) is 9.78 Å². The van der Waals surface area contributed by atoms with E-state index >= 15 is 0 Å². The van der Waals surface area contributed by atoms with Gasteiger partial charge in [-0.3, -0.25) is 10.5 Å². The molecule has 0 amide bonds. The lowest BCUT2D eigenvalue weighted by Gasteiger charge is -2.17. The van der Waals surface area contributed by atoms with E-state index in [-0.39, 0.29) is 6.04 Å². The fourth-order valence-electron chi connectivity index (χ4n) is 2.02. The molecule has 0 aliphatic heterocycles. The number of hydrogen-bond acceptors (Lipinski definition) is 3. The number of aromatic nitrogens is 2. The third-order valence-electron chi connectivity index (χ3n) is 3.10. The minimum Gasteiger partial charge on any atom is -0.271 e. The lowest BCUT2D eigenvalue weighted by molar-refractivity contribution is 0.573. The molecule has 1 heterocycles. The van der Waals surface area contributed by atoms with E-state index in [0.29, 0.717) is 0 Å². The number of benzene rings is 1. The highest BCUT2D eigenvalue weighted by Gasteiger charge is 2.19. The number of halogens is 1. The maximum Gasteiger partial charge on any atom is 0.0889 e. The van der Waals surface area contributed by atoms with E-state index in [1.54, 1.807) is 6.20 Å². The van der Waals surface area contributed by atoms with Crippen LogP contribution in [0.2, 0.25) is 0 Å². The first-order valence-corrected chi connectivity index (χ1v) is 6.69. The zero-order valence-corrected chi connectivity index (χ0v) is 12.1. The molecule has 1 aromatic heterocycles. The Morgan fingerprint density at radius 1 is 1.39 bits per heavy atom. The molecule has 0 aliphatic rings. The van der Waals surface area contributed by atoms with Crippen molar-refractivity contribution in [3.8, 4) is 0 Å². The van der Waals surface area contributed by atoms with E-state index in [0.717, 1.165) is 22.2 Å². The van der Waals surface area contributed by atoms with Crippen LogP contribution in [0.15, 0.2) is 34.9 Å².